The van der Waals surface area contributed by atoms with E-state index in [0.717, 1.165) is 11.1 Å². The maximum atomic E-state index is 11.9. The lowest BCUT2D eigenvalue weighted by molar-refractivity contribution is 0.247. The Kier molecular flexibility index (Phi) is 6.13. The molecule has 0 aromatic heterocycles. The monoisotopic (exact) mass is 352 g/mol. The number of ether oxygens (including phenoxy) is 1. The number of halogens is 2. The third kappa shape index (κ3) is 5.05. The molecule has 2 aromatic carbocycles. The molecular weight excluding hydrogens is 335 g/mol. The van der Waals surface area contributed by atoms with Crippen LogP contribution in [0.5, 0.6) is 5.75 Å². The van der Waals surface area contributed by atoms with Crippen LogP contribution in [0.25, 0.3) is 0 Å². The number of anilines is 1. The smallest absolute Gasteiger partial charge is 0.319 e. The average Bonchev–Trinajstić information content (AvgIpc) is 2.49. The first-order chi connectivity index (χ1) is 11.0. The molecule has 2 aromatic rings. The molecule has 23 heavy (non-hydrogen) atoms. The molecule has 2 N–H and O–H groups in total. The molecular formula is C17H18Cl2N2O2. The van der Waals surface area contributed by atoms with Crippen LogP contribution in [-0.2, 0) is 0 Å². The predicted molar refractivity (Wildman–Crippen MR) is 94.9 cm³/mol. The summed E-state index contributed by atoms with van der Waals surface area (Å²) < 4.78 is 5.50. The Morgan fingerprint density at radius 2 is 1.87 bits per heavy atom. The molecule has 6 heteroatoms. The third-order valence-corrected chi connectivity index (χ3v) is 3.76. The van der Waals surface area contributed by atoms with Crippen molar-refractivity contribution in [2.45, 2.75) is 13.8 Å². The van der Waals surface area contributed by atoms with Crippen molar-refractivity contribution in [2.24, 2.45) is 0 Å². The van der Waals surface area contributed by atoms with Crippen molar-refractivity contribution in [1.29, 1.82) is 0 Å². The first-order valence-corrected chi connectivity index (χ1v) is 7.92. The van der Waals surface area contributed by atoms with E-state index < -0.39 is 0 Å². The molecule has 0 bridgehead atoms. The number of hydrogen-bond donors (Lipinski definition) is 2. The van der Waals surface area contributed by atoms with Crippen molar-refractivity contribution < 1.29 is 9.53 Å². The lowest BCUT2D eigenvalue weighted by Crippen LogP contribution is -2.32. The highest BCUT2D eigenvalue weighted by Crippen LogP contribution is 2.27. The second-order valence-electron chi connectivity index (χ2n) is 5.10. The maximum absolute atomic E-state index is 11.9. The van der Waals surface area contributed by atoms with Gasteiger partial charge in [-0.1, -0.05) is 41.4 Å². The third-order valence-electron chi connectivity index (χ3n) is 3.15. The van der Waals surface area contributed by atoms with Gasteiger partial charge in [-0.25, -0.2) is 4.79 Å². The maximum Gasteiger partial charge on any atom is 0.319 e. The Morgan fingerprint density at radius 1 is 1.13 bits per heavy atom. The van der Waals surface area contributed by atoms with Crippen LogP contribution in [0, 0.1) is 13.8 Å². The van der Waals surface area contributed by atoms with Gasteiger partial charge in [-0.15, -0.1) is 0 Å². The first kappa shape index (κ1) is 17.4. The predicted octanol–water partition coefficient (Wildman–Crippen LogP) is 4.81. The summed E-state index contributed by atoms with van der Waals surface area (Å²) in [6.45, 7) is 4.52. The van der Waals surface area contributed by atoms with Gasteiger partial charge < -0.3 is 15.4 Å². The minimum atomic E-state index is -0.332. The van der Waals surface area contributed by atoms with Crippen molar-refractivity contribution >= 4 is 34.9 Å². The lowest BCUT2D eigenvalue weighted by Gasteiger charge is -2.13. The van der Waals surface area contributed by atoms with Crippen LogP contribution in [-0.4, -0.2) is 19.2 Å². The fourth-order valence-electron chi connectivity index (χ4n) is 2.12. The Hall–Kier alpha value is -1.91. The standard InChI is InChI=1S/C17H18Cl2N2O2/c1-11-9-12(2)16(14(19)10-11)21-17(22)20-7-8-23-15-6-4-3-5-13(15)18/h3-6,9-10H,7-8H2,1-2H3,(H2,20,21,22). The van der Waals surface area contributed by atoms with Crippen molar-refractivity contribution in [3.05, 3.63) is 57.6 Å². The largest absolute Gasteiger partial charge is 0.490 e. The number of carbonyl (C=O) groups is 1. The SMILES string of the molecule is Cc1cc(C)c(NC(=O)NCCOc2ccccc2Cl)c(Cl)c1. The van der Waals surface area contributed by atoms with Gasteiger partial charge >= 0.3 is 6.03 Å². The van der Waals surface area contributed by atoms with Gasteiger partial charge in [-0.2, -0.15) is 0 Å². The fourth-order valence-corrected chi connectivity index (χ4v) is 2.68. The van der Waals surface area contributed by atoms with Crippen LogP contribution in [0.4, 0.5) is 10.5 Å². The van der Waals surface area contributed by atoms with E-state index in [1.165, 1.54) is 0 Å². The van der Waals surface area contributed by atoms with Crippen LogP contribution >= 0.6 is 23.2 Å². The summed E-state index contributed by atoms with van der Waals surface area (Å²) in [7, 11) is 0. The van der Waals surface area contributed by atoms with Crippen molar-refractivity contribution in [3.8, 4) is 5.75 Å². The molecule has 0 saturated carbocycles. The second-order valence-corrected chi connectivity index (χ2v) is 5.91. The highest BCUT2D eigenvalue weighted by Gasteiger charge is 2.09. The van der Waals surface area contributed by atoms with Crippen molar-refractivity contribution in [2.75, 3.05) is 18.5 Å². The quantitative estimate of drug-likeness (QED) is 0.758. The molecule has 0 aliphatic rings. The summed E-state index contributed by atoms with van der Waals surface area (Å²) in [5.74, 6) is 0.591. The van der Waals surface area contributed by atoms with Gasteiger partial charge in [0.15, 0.2) is 0 Å². The summed E-state index contributed by atoms with van der Waals surface area (Å²) >= 11 is 12.1. The Bertz CT molecular complexity index is 682. The number of aryl methyl sites for hydroxylation is 2. The summed E-state index contributed by atoms with van der Waals surface area (Å²) in [6, 6.07) is 10.6. The molecule has 0 atom stereocenters. The Labute approximate surface area is 145 Å². The normalized spacial score (nSPS) is 10.3. The number of benzene rings is 2. The highest BCUT2D eigenvalue weighted by molar-refractivity contribution is 6.34. The number of rotatable bonds is 5. The van der Waals surface area contributed by atoms with E-state index >= 15 is 0 Å². The molecule has 0 fully saturated rings. The van der Waals surface area contributed by atoms with E-state index in [1.54, 1.807) is 12.1 Å². The summed E-state index contributed by atoms with van der Waals surface area (Å²) in [6.07, 6.45) is 0. The minimum Gasteiger partial charge on any atom is -0.490 e. The van der Waals surface area contributed by atoms with Gasteiger partial charge in [-0.05, 0) is 43.2 Å². The van der Waals surface area contributed by atoms with E-state index in [4.69, 9.17) is 27.9 Å². The summed E-state index contributed by atoms with van der Waals surface area (Å²) in [5.41, 5.74) is 2.57. The molecule has 0 aliphatic heterocycles. The van der Waals surface area contributed by atoms with E-state index in [9.17, 15) is 4.79 Å². The fraction of sp³-hybridized carbons (Fsp3) is 0.235. The zero-order valence-electron chi connectivity index (χ0n) is 13.0. The topological polar surface area (TPSA) is 50.4 Å². The molecule has 0 unspecified atom stereocenters. The van der Waals surface area contributed by atoms with E-state index in [2.05, 4.69) is 10.6 Å². The second kappa shape index (κ2) is 8.09. The van der Waals surface area contributed by atoms with Gasteiger partial charge in [0, 0.05) is 0 Å². The molecule has 122 valence electrons. The van der Waals surface area contributed by atoms with E-state index in [1.807, 2.05) is 38.1 Å². The number of carbonyl (C=O) groups excluding carboxylic acids is 1. The molecule has 2 amide bonds. The van der Waals surface area contributed by atoms with Crippen molar-refractivity contribution in [1.82, 2.24) is 5.32 Å². The van der Waals surface area contributed by atoms with Gasteiger partial charge in [0.25, 0.3) is 0 Å². The molecule has 0 radical (unpaired) electrons. The van der Waals surface area contributed by atoms with Crippen LogP contribution < -0.4 is 15.4 Å². The summed E-state index contributed by atoms with van der Waals surface area (Å²) in [4.78, 5) is 11.9. The number of urea groups is 1. The molecule has 0 heterocycles. The Balaban J connectivity index is 1.81. The zero-order valence-corrected chi connectivity index (χ0v) is 14.5. The Morgan fingerprint density at radius 3 is 2.57 bits per heavy atom. The van der Waals surface area contributed by atoms with Crippen LogP contribution in [0.1, 0.15) is 11.1 Å². The molecule has 2 rings (SSSR count). The first-order valence-electron chi connectivity index (χ1n) is 7.16. The van der Waals surface area contributed by atoms with Gasteiger partial charge in [0.2, 0.25) is 0 Å². The number of amides is 2. The van der Waals surface area contributed by atoms with Gasteiger partial charge in [0.05, 0.1) is 22.3 Å². The molecule has 0 aliphatic carbocycles. The van der Waals surface area contributed by atoms with Crippen LogP contribution in [0.3, 0.4) is 0 Å². The molecule has 0 saturated heterocycles. The highest BCUT2D eigenvalue weighted by atomic mass is 35.5. The summed E-state index contributed by atoms with van der Waals surface area (Å²) in [5, 5.41) is 6.52. The van der Waals surface area contributed by atoms with Gasteiger partial charge in [0.1, 0.15) is 12.4 Å². The van der Waals surface area contributed by atoms with E-state index in [-0.39, 0.29) is 6.03 Å². The number of para-hydroxylation sites is 1. The van der Waals surface area contributed by atoms with Crippen molar-refractivity contribution in [3.63, 3.8) is 0 Å². The molecule has 4 nitrogen and oxygen atoms in total. The van der Waals surface area contributed by atoms with E-state index in [0.29, 0.717) is 34.6 Å². The minimum absolute atomic E-state index is 0.317. The number of nitrogens with one attached hydrogen (secondary N) is 2. The van der Waals surface area contributed by atoms with Gasteiger partial charge in [-0.3, -0.25) is 0 Å². The lowest BCUT2D eigenvalue weighted by atomic mass is 10.1. The number of hydrogen-bond acceptors (Lipinski definition) is 2. The zero-order chi connectivity index (χ0) is 16.8. The molecule has 0 spiro atoms. The van der Waals surface area contributed by atoms with Crippen LogP contribution in [0.2, 0.25) is 10.0 Å². The average molecular weight is 353 g/mol. The van der Waals surface area contributed by atoms with Crippen LogP contribution in [0.15, 0.2) is 36.4 Å².